The number of rotatable bonds is 13. The molecule has 7 nitrogen and oxygen atoms in total. The minimum Gasteiger partial charge on any atom is -0.377 e. The molecule has 4 N–H and O–H groups in total. The third kappa shape index (κ3) is 11.2. The van der Waals surface area contributed by atoms with Gasteiger partial charge in [0.25, 0.3) is 0 Å². The first-order valence-corrected chi connectivity index (χ1v) is 9.14. The van der Waals surface area contributed by atoms with Crippen LogP contribution in [0.4, 0.5) is 0 Å². The predicted molar refractivity (Wildman–Crippen MR) is 81.5 cm³/mol. The maximum Gasteiger partial charge on any atom is 0.328 e. The molecule has 0 unspecified atom stereocenters. The predicted octanol–water partition coefficient (Wildman–Crippen LogP) is 1.12. The Kier molecular flexibility index (Phi) is 10.7. The molecule has 0 saturated carbocycles. The highest BCUT2D eigenvalue weighted by atomic mass is 31.2. The minimum absolute atomic E-state index is 0.00992. The molecule has 0 rings (SSSR count). The highest BCUT2D eigenvalue weighted by Crippen LogP contribution is 2.42. The van der Waals surface area contributed by atoms with E-state index in [0.29, 0.717) is 45.9 Å². The molecule has 0 aliphatic carbocycles. The summed E-state index contributed by atoms with van der Waals surface area (Å²) in [6.07, 6.45) is 0.836. The summed E-state index contributed by atoms with van der Waals surface area (Å²) in [6.45, 7) is 7.67. The lowest BCUT2D eigenvalue weighted by molar-refractivity contribution is -0.0654. The lowest BCUT2D eigenvalue weighted by Crippen LogP contribution is -2.36. The molecular formula is C13H30NO6P. The molecule has 0 aliphatic heterocycles. The highest BCUT2D eigenvalue weighted by Gasteiger charge is 2.34. The van der Waals surface area contributed by atoms with Gasteiger partial charge in [0.05, 0.1) is 44.8 Å². The van der Waals surface area contributed by atoms with Gasteiger partial charge in [-0.1, -0.05) is 13.8 Å². The van der Waals surface area contributed by atoms with E-state index in [1.807, 2.05) is 20.8 Å². The zero-order valence-electron chi connectivity index (χ0n) is 13.3. The van der Waals surface area contributed by atoms with Crippen LogP contribution in [0.1, 0.15) is 33.6 Å². The van der Waals surface area contributed by atoms with E-state index in [1.165, 1.54) is 0 Å². The molecule has 0 radical (unpaired) electrons. The van der Waals surface area contributed by atoms with Crippen LogP contribution in [0.5, 0.6) is 0 Å². The summed E-state index contributed by atoms with van der Waals surface area (Å²) >= 11 is 0. The SMILES string of the molecule is CCC(CC)(CP(=O)(O)O)OCCOCCOC[C@H](C)N. The van der Waals surface area contributed by atoms with Crippen LogP contribution in [-0.2, 0) is 18.8 Å². The summed E-state index contributed by atoms with van der Waals surface area (Å²) in [5.41, 5.74) is 4.75. The van der Waals surface area contributed by atoms with Crippen molar-refractivity contribution in [2.24, 2.45) is 5.73 Å². The summed E-state index contributed by atoms with van der Waals surface area (Å²) in [5, 5.41) is 0. The molecule has 0 heterocycles. The van der Waals surface area contributed by atoms with Gasteiger partial charge < -0.3 is 29.7 Å². The second kappa shape index (κ2) is 10.7. The lowest BCUT2D eigenvalue weighted by Gasteiger charge is -2.32. The molecule has 0 aliphatic rings. The van der Waals surface area contributed by atoms with Gasteiger partial charge in [-0.2, -0.15) is 0 Å². The smallest absolute Gasteiger partial charge is 0.328 e. The highest BCUT2D eigenvalue weighted by molar-refractivity contribution is 7.51. The molecule has 0 aromatic heterocycles. The van der Waals surface area contributed by atoms with E-state index >= 15 is 0 Å². The average molecular weight is 327 g/mol. The van der Waals surface area contributed by atoms with Crippen molar-refractivity contribution in [1.29, 1.82) is 0 Å². The van der Waals surface area contributed by atoms with Crippen molar-refractivity contribution in [1.82, 2.24) is 0 Å². The van der Waals surface area contributed by atoms with Crippen molar-refractivity contribution < 1.29 is 28.6 Å². The molecule has 0 aromatic rings. The third-order valence-electron chi connectivity index (χ3n) is 3.17. The van der Waals surface area contributed by atoms with Gasteiger partial charge in [-0.05, 0) is 19.8 Å². The Balaban J connectivity index is 3.87. The molecule has 21 heavy (non-hydrogen) atoms. The van der Waals surface area contributed by atoms with Gasteiger partial charge in [0.1, 0.15) is 0 Å². The van der Waals surface area contributed by atoms with Crippen LogP contribution < -0.4 is 5.73 Å². The first-order chi connectivity index (χ1) is 9.74. The monoisotopic (exact) mass is 327 g/mol. The van der Waals surface area contributed by atoms with E-state index in [2.05, 4.69) is 0 Å². The van der Waals surface area contributed by atoms with Gasteiger partial charge in [0.2, 0.25) is 0 Å². The van der Waals surface area contributed by atoms with Crippen molar-refractivity contribution >= 4 is 7.60 Å². The second-order valence-corrected chi connectivity index (χ2v) is 6.87. The molecule has 8 heteroatoms. The summed E-state index contributed by atoms with van der Waals surface area (Å²) in [4.78, 5) is 18.3. The molecule has 0 amide bonds. The molecule has 0 fully saturated rings. The Morgan fingerprint density at radius 1 is 1.10 bits per heavy atom. The Morgan fingerprint density at radius 2 is 1.62 bits per heavy atom. The standard InChI is InChI=1S/C13H30NO6P/c1-4-13(5-2,11-21(15,16)17)20-9-8-18-6-7-19-10-12(3)14/h12H,4-11,14H2,1-3H3,(H2,15,16,17)/t12-/m0/s1. The molecular weight excluding hydrogens is 297 g/mol. The van der Waals surface area contributed by atoms with E-state index in [9.17, 15) is 4.57 Å². The zero-order valence-corrected chi connectivity index (χ0v) is 14.2. The van der Waals surface area contributed by atoms with Gasteiger partial charge in [-0.15, -0.1) is 0 Å². The number of ether oxygens (including phenoxy) is 3. The first-order valence-electron chi connectivity index (χ1n) is 7.34. The van der Waals surface area contributed by atoms with Crippen LogP contribution in [0, 0.1) is 0 Å². The molecule has 0 aromatic carbocycles. The van der Waals surface area contributed by atoms with E-state index in [4.69, 9.17) is 29.7 Å². The summed E-state index contributed by atoms with van der Waals surface area (Å²) < 4.78 is 27.5. The average Bonchev–Trinajstić information content (AvgIpc) is 2.38. The van der Waals surface area contributed by atoms with Crippen LogP contribution in [-0.4, -0.2) is 60.6 Å². The fourth-order valence-corrected chi connectivity index (χ4v) is 3.19. The van der Waals surface area contributed by atoms with Gasteiger partial charge in [-0.25, -0.2) is 0 Å². The van der Waals surface area contributed by atoms with Crippen molar-refractivity contribution in [2.75, 3.05) is 39.2 Å². The maximum absolute atomic E-state index is 11.2. The zero-order chi connectivity index (χ0) is 16.4. The number of hydrogen-bond acceptors (Lipinski definition) is 5. The van der Waals surface area contributed by atoms with Gasteiger partial charge in [0, 0.05) is 6.04 Å². The normalized spacial score (nSPS) is 14.4. The molecule has 1 atom stereocenters. The van der Waals surface area contributed by atoms with Gasteiger partial charge in [-0.3, -0.25) is 4.57 Å². The van der Waals surface area contributed by atoms with Gasteiger partial charge >= 0.3 is 7.60 Å². The molecule has 128 valence electrons. The number of nitrogens with two attached hydrogens (primary N) is 1. The van der Waals surface area contributed by atoms with Crippen LogP contribution in [0.15, 0.2) is 0 Å². The summed E-state index contributed by atoms with van der Waals surface area (Å²) in [7, 11) is -4.10. The third-order valence-corrected chi connectivity index (χ3v) is 4.16. The maximum atomic E-state index is 11.2. The van der Waals surface area contributed by atoms with Crippen molar-refractivity contribution in [2.45, 2.75) is 45.3 Å². The molecule has 0 saturated heterocycles. The topological polar surface area (TPSA) is 111 Å². The van der Waals surface area contributed by atoms with Crippen LogP contribution >= 0.6 is 7.60 Å². The second-order valence-electron chi connectivity index (χ2n) is 5.23. The van der Waals surface area contributed by atoms with Crippen molar-refractivity contribution in [3.05, 3.63) is 0 Å². The Labute approximate surface area is 127 Å². The fraction of sp³-hybridized carbons (Fsp3) is 1.00. The van der Waals surface area contributed by atoms with Crippen LogP contribution in [0.25, 0.3) is 0 Å². The van der Waals surface area contributed by atoms with Gasteiger partial charge in [0.15, 0.2) is 0 Å². The fourth-order valence-electron chi connectivity index (χ4n) is 1.90. The summed E-state index contributed by atoms with van der Waals surface area (Å²) in [6, 6.07) is 0.00992. The van der Waals surface area contributed by atoms with E-state index < -0.39 is 13.2 Å². The Morgan fingerprint density at radius 3 is 2.10 bits per heavy atom. The number of hydrogen-bond donors (Lipinski definition) is 3. The van der Waals surface area contributed by atoms with E-state index in [1.54, 1.807) is 0 Å². The largest absolute Gasteiger partial charge is 0.377 e. The molecule has 0 bridgehead atoms. The lowest BCUT2D eigenvalue weighted by atomic mass is 10.00. The van der Waals surface area contributed by atoms with Crippen molar-refractivity contribution in [3.8, 4) is 0 Å². The Hall–Kier alpha value is -0.0100. The molecule has 0 spiro atoms. The first kappa shape index (κ1) is 21.0. The quantitative estimate of drug-likeness (QED) is 0.343. The van der Waals surface area contributed by atoms with E-state index in [0.717, 1.165) is 0 Å². The summed E-state index contributed by atoms with van der Waals surface area (Å²) in [5.74, 6) is 0. The van der Waals surface area contributed by atoms with E-state index in [-0.39, 0.29) is 12.2 Å². The minimum atomic E-state index is -4.10. The van der Waals surface area contributed by atoms with Crippen LogP contribution in [0.2, 0.25) is 0 Å². The Bertz CT molecular complexity index is 303. The van der Waals surface area contributed by atoms with Crippen molar-refractivity contribution in [3.63, 3.8) is 0 Å². The van der Waals surface area contributed by atoms with Crippen LogP contribution in [0.3, 0.4) is 0 Å².